The molecule has 1 aliphatic heterocycles. The number of tetrazole rings is 1. The number of benzene rings is 1. The smallest absolute Gasteiger partial charge is 0.289 e. The Morgan fingerprint density at radius 1 is 1.23 bits per heavy atom. The summed E-state index contributed by atoms with van der Waals surface area (Å²) in [5.74, 6) is 2.09. The fourth-order valence-corrected chi connectivity index (χ4v) is 4.18. The number of carbonyl (C=O) groups is 1. The summed E-state index contributed by atoms with van der Waals surface area (Å²) in [6.07, 6.45) is 3.57. The molecule has 2 aromatic heterocycles. The van der Waals surface area contributed by atoms with Crippen molar-refractivity contribution in [2.45, 2.75) is 32.4 Å². The summed E-state index contributed by atoms with van der Waals surface area (Å²) in [5.41, 5.74) is 1.12. The Morgan fingerprint density at radius 3 is 2.65 bits per heavy atom. The Labute approximate surface area is 181 Å². The number of ether oxygens (including phenoxy) is 1. The van der Waals surface area contributed by atoms with Gasteiger partial charge in [-0.1, -0.05) is 25.5 Å². The molecule has 1 aliphatic rings. The third-order valence-electron chi connectivity index (χ3n) is 5.86. The van der Waals surface area contributed by atoms with Crippen LogP contribution >= 0.6 is 0 Å². The minimum Gasteiger partial charge on any atom is -0.497 e. The number of methoxy groups -OCH3 is 1. The average Bonchev–Trinajstić information content (AvgIpc) is 3.50. The summed E-state index contributed by atoms with van der Waals surface area (Å²) in [4.78, 5) is 15.9. The van der Waals surface area contributed by atoms with Gasteiger partial charge in [0.15, 0.2) is 5.76 Å². The molecule has 0 unspecified atom stereocenters. The summed E-state index contributed by atoms with van der Waals surface area (Å²) in [7, 11) is 1.66. The molecule has 0 radical (unpaired) electrons. The highest BCUT2D eigenvalue weighted by Gasteiger charge is 2.34. The standard InChI is InChI=1S/C22H28N6O3/c1-3-5-19(26-11-13-27(14-12-26)22(29)20-6-4-15-31-20)21-23-24-25-28(21)16-17-7-9-18(30-2)10-8-17/h4,6-10,15,19H,3,5,11-14,16H2,1-2H3/p+1/t19-/m0/s1. The number of nitrogens with zero attached hydrogens (tertiary/aromatic N) is 5. The third kappa shape index (κ3) is 4.77. The first-order chi connectivity index (χ1) is 15.2. The van der Waals surface area contributed by atoms with Gasteiger partial charge in [-0.3, -0.25) is 4.79 Å². The number of nitrogens with one attached hydrogen (secondary N) is 1. The maximum atomic E-state index is 12.6. The second-order valence-corrected chi connectivity index (χ2v) is 7.81. The van der Waals surface area contributed by atoms with E-state index < -0.39 is 0 Å². The van der Waals surface area contributed by atoms with Crippen LogP contribution < -0.4 is 9.64 Å². The highest BCUT2D eigenvalue weighted by atomic mass is 16.5. The number of hydrogen-bond acceptors (Lipinski definition) is 6. The maximum Gasteiger partial charge on any atom is 0.289 e. The van der Waals surface area contributed by atoms with Gasteiger partial charge in [0.05, 0.1) is 46.1 Å². The van der Waals surface area contributed by atoms with Gasteiger partial charge in [0.25, 0.3) is 5.91 Å². The van der Waals surface area contributed by atoms with Crippen LogP contribution in [-0.2, 0) is 6.54 Å². The lowest BCUT2D eigenvalue weighted by molar-refractivity contribution is -0.936. The molecular weight excluding hydrogens is 396 g/mol. The first-order valence-corrected chi connectivity index (χ1v) is 10.8. The van der Waals surface area contributed by atoms with Gasteiger partial charge < -0.3 is 19.0 Å². The molecule has 1 N–H and O–H groups in total. The van der Waals surface area contributed by atoms with Crippen molar-refractivity contribution in [2.75, 3.05) is 33.3 Å². The number of furan rings is 1. The van der Waals surface area contributed by atoms with Gasteiger partial charge in [0, 0.05) is 6.42 Å². The van der Waals surface area contributed by atoms with Crippen LogP contribution in [0.25, 0.3) is 0 Å². The molecule has 31 heavy (non-hydrogen) atoms. The van der Waals surface area contributed by atoms with Crippen molar-refractivity contribution in [1.29, 1.82) is 0 Å². The van der Waals surface area contributed by atoms with Gasteiger partial charge in [0.2, 0.25) is 5.82 Å². The molecule has 164 valence electrons. The van der Waals surface area contributed by atoms with Gasteiger partial charge in [-0.15, -0.1) is 5.10 Å². The van der Waals surface area contributed by atoms with Crippen LogP contribution in [0.4, 0.5) is 0 Å². The maximum absolute atomic E-state index is 12.6. The molecular formula is C22H29N6O3+. The molecule has 1 amide bonds. The van der Waals surface area contributed by atoms with E-state index in [0.29, 0.717) is 25.4 Å². The fraction of sp³-hybridized carbons (Fsp3) is 0.455. The lowest BCUT2D eigenvalue weighted by atomic mass is 10.1. The minimum atomic E-state index is -0.0413. The molecule has 1 aromatic carbocycles. The quantitative estimate of drug-likeness (QED) is 0.583. The number of amides is 1. The van der Waals surface area contributed by atoms with E-state index in [2.05, 4.69) is 22.4 Å². The molecule has 1 atom stereocenters. The SMILES string of the molecule is CCC[C@@H](c1nnnn1Cc1ccc(OC)cc1)[NH+]1CCN(C(=O)c2ccco2)CC1. The molecule has 0 bridgehead atoms. The zero-order valence-corrected chi connectivity index (χ0v) is 18.0. The molecule has 1 saturated heterocycles. The lowest BCUT2D eigenvalue weighted by Gasteiger charge is -2.35. The largest absolute Gasteiger partial charge is 0.497 e. The molecule has 0 spiro atoms. The second-order valence-electron chi connectivity index (χ2n) is 7.81. The number of rotatable bonds is 8. The normalized spacial score (nSPS) is 15.7. The van der Waals surface area contributed by atoms with E-state index in [9.17, 15) is 4.79 Å². The van der Waals surface area contributed by atoms with Crippen LogP contribution in [0.15, 0.2) is 47.1 Å². The van der Waals surface area contributed by atoms with Crippen LogP contribution in [0, 0.1) is 0 Å². The van der Waals surface area contributed by atoms with Gasteiger partial charge in [-0.05, 0) is 40.3 Å². The lowest BCUT2D eigenvalue weighted by Crippen LogP contribution is -3.15. The van der Waals surface area contributed by atoms with Crippen molar-refractivity contribution in [3.63, 3.8) is 0 Å². The fourth-order valence-electron chi connectivity index (χ4n) is 4.18. The Hall–Kier alpha value is -3.20. The van der Waals surface area contributed by atoms with Crippen LogP contribution in [0.3, 0.4) is 0 Å². The van der Waals surface area contributed by atoms with E-state index in [1.54, 1.807) is 19.2 Å². The molecule has 9 heteroatoms. The first kappa shape index (κ1) is 21.0. The minimum absolute atomic E-state index is 0.0413. The van der Waals surface area contributed by atoms with Gasteiger partial charge >= 0.3 is 0 Å². The summed E-state index contributed by atoms with van der Waals surface area (Å²) >= 11 is 0. The topological polar surface area (TPSA) is 90.7 Å². The number of aromatic nitrogens is 4. The van der Waals surface area contributed by atoms with E-state index in [-0.39, 0.29) is 11.9 Å². The van der Waals surface area contributed by atoms with Crippen molar-refractivity contribution in [3.8, 4) is 5.75 Å². The predicted octanol–water partition coefficient (Wildman–Crippen LogP) is 1.21. The summed E-state index contributed by atoms with van der Waals surface area (Å²) in [5, 5.41) is 12.6. The molecule has 4 rings (SSSR count). The highest BCUT2D eigenvalue weighted by Crippen LogP contribution is 2.17. The number of carbonyl (C=O) groups excluding carboxylic acids is 1. The third-order valence-corrected chi connectivity index (χ3v) is 5.86. The zero-order valence-electron chi connectivity index (χ0n) is 18.0. The van der Waals surface area contributed by atoms with Gasteiger partial charge in [0.1, 0.15) is 11.8 Å². The van der Waals surface area contributed by atoms with E-state index in [0.717, 1.165) is 43.1 Å². The van der Waals surface area contributed by atoms with Crippen LogP contribution in [0.2, 0.25) is 0 Å². The van der Waals surface area contributed by atoms with Gasteiger partial charge in [-0.25, -0.2) is 4.68 Å². The molecule has 0 aliphatic carbocycles. The van der Waals surface area contributed by atoms with Crippen molar-refractivity contribution >= 4 is 5.91 Å². The second kappa shape index (κ2) is 9.74. The number of hydrogen-bond donors (Lipinski definition) is 1. The summed E-state index contributed by atoms with van der Waals surface area (Å²) in [6, 6.07) is 11.6. The first-order valence-electron chi connectivity index (χ1n) is 10.8. The Bertz CT molecular complexity index is 962. The van der Waals surface area contributed by atoms with Crippen LogP contribution in [-0.4, -0.2) is 64.3 Å². The van der Waals surface area contributed by atoms with E-state index in [1.165, 1.54) is 11.2 Å². The van der Waals surface area contributed by atoms with E-state index in [1.807, 2.05) is 33.8 Å². The summed E-state index contributed by atoms with van der Waals surface area (Å²) in [6.45, 7) is 5.88. The Morgan fingerprint density at radius 2 is 2.00 bits per heavy atom. The monoisotopic (exact) mass is 425 g/mol. The zero-order chi connectivity index (χ0) is 21.6. The average molecular weight is 426 g/mol. The van der Waals surface area contributed by atoms with Crippen LogP contribution in [0.5, 0.6) is 5.75 Å². The van der Waals surface area contributed by atoms with Crippen molar-refractivity contribution in [2.24, 2.45) is 0 Å². The van der Waals surface area contributed by atoms with E-state index in [4.69, 9.17) is 9.15 Å². The van der Waals surface area contributed by atoms with Crippen LogP contribution in [0.1, 0.15) is 47.7 Å². The van der Waals surface area contributed by atoms with Crippen molar-refractivity contribution in [3.05, 3.63) is 59.8 Å². The highest BCUT2D eigenvalue weighted by molar-refractivity contribution is 5.91. The Kier molecular flexibility index (Phi) is 6.61. The van der Waals surface area contributed by atoms with E-state index >= 15 is 0 Å². The molecule has 3 aromatic rings. The molecule has 0 saturated carbocycles. The van der Waals surface area contributed by atoms with Crippen molar-refractivity contribution in [1.82, 2.24) is 25.1 Å². The number of quaternary nitrogens is 1. The summed E-state index contributed by atoms with van der Waals surface area (Å²) < 4.78 is 12.4. The van der Waals surface area contributed by atoms with Gasteiger partial charge in [-0.2, -0.15) is 0 Å². The predicted molar refractivity (Wildman–Crippen MR) is 113 cm³/mol. The van der Waals surface area contributed by atoms with Crippen molar-refractivity contribution < 1.29 is 18.8 Å². The molecule has 9 nitrogen and oxygen atoms in total. The Balaban J connectivity index is 1.45. The molecule has 3 heterocycles. The molecule has 1 fully saturated rings. The number of piperazine rings is 1.